The molecule has 0 aromatic carbocycles. The molecular formula is C11H16BrN3O. The van der Waals surface area contributed by atoms with Crippen molar-refractivity contribution in [3.63, 3.8) is 0 Å². The summed E-state index contributed by atoms with van der Waals surface area (Å²) in [7, 11) is 0. The summed E-state index contributed by atoms with van der Waals surface area (Å²) in [6.07, 6.45) is 2.25. The van der Waals surface area contributed by atoms with Gasteiger partial charge < -0.3 is 10.1 Å². The normalized spacial score (nSPS) is 24.7. The maximum absolute atomic E-state index is 5.71. The molecule has 0 bridgehead atoms. The molecule has 1 aliphatic heterocycles. The lowest BCUT2D eigenvalue weighted by atomic mass is 10.0. The van der Waals surface area contributed by atoms with Crippen molar-refractivity contribution in [3.05, 3.63) is 16.5 Å². The van der Waals surface area contributed by atoms with Crippen LogP contribution in [-0.2, 0) is 4.74 Å². The van der Waals surface area contributed by atoms with Crippen LogP contribution in [0.4, 0.5) is 5.82 Å². The third-order valence-corrected chi connectivity index (χ3v) is 3.16. The lowest BCUT2D eigenvalue weighted by Crippen LogP contribution is -2.32. The van der Waals surface area contributed by atoms with Crippen molar-refractivity contribution >= 4 is 21.7 Å². The highest BCUT2D eigenvalue weighted by atomic mass is 79.9. The molecular weight excluding hydrogens is 270 g/mol. The fraction of sp³-hybridized carbons (Fsp3) is 0.636. The number of aryl methyl sites for hydroxylation is 1. The molecule has 0 spiro atoms. The van der Waals surface area contributed by atoms with E-state index in [0.717, 1.165) is 42.2 Å². The summed E-state index contributed by atoms with van der Waals surface area (Å²) >= 11 is 3.36. The van der Waals surface area contributed by atoms with Crippen molar-refractivity contribution in [3.8, 4) is 0 Å². The minimum absolute atomic E-state index is 0.0503. The van der Waals surface area contributed by atoms with E-state index in [1.807, 2.05) is 13.0 Å². The zero-order valence-electron chi connectivity index (χ0n) is 9.59. The van der Waals surface area contributed by atoms with Gasteiger partial charge in [-0.2, -0.15) is 0 Å². The number of ether oxygens (including phenoxy) is 1. The van der Waals surface area contributed by atoms with Gasteiger partial charge in [0.05, 0.1) is 5.60 Å². The van der Waals surface area contributed by atoms with Crippen LogP contribution in [0.15, 0.2) is 10.7 Å². The van der Waals surface area contributed by atoms with Gasteiger partial charge in [0.2, 0.25) is 0 Å². The van der Waals surface area contributed by atoms with Crippen molar-refractivity contribution in [1.29, 1.82) is 0 Å². The van der Waals surface area contributed by atoms with E-state index in [1.54, 1.807) is 0 Å². The van der Waals surface area contributed by atoms with Crippen LogP contribution in [0.1, 0.15) is 25.6 Å². The summed E-state index contributed by atoms with van der Waals surface area (Å²) in [6.45, 7) is 5.67. The molecule has 0 amide bonds. The first-order valence-corrected chi connectivity index (χ1v) is 6.26. The second-order valence-corrected chi connectivity index (χ2v) is 5.19. The Bertz CT molecular complexity index is 357. The van der Waals surface area contributed by atoms with E-state index in [-0.39, 0.29) is 5.60 Å². The van der Waals surface area contributed by atoms with E-state index in [1.165, 1.54) is 0 Å². The lowest BCUT2D eigenvalue weighted by Gasteiger charge is -2.23. The number of hydrogen-bond donors (Lipinski definition) is 1. The monoisotopic (exact) mass is 285 g/mol. The molecule has 2 heterocycles. The van der Waals surface area contributed by atoms with Gasteiger partial charge in [-0.3, -0.25) is 0 Å². The van der Waals surface area contributed by atoms with Gasteiger partial charge in [-0.1, -0.05) is 0 Å². The molecule has 2 rings (SSSR count). The van der Waals surface area contributed by atoms with Crippen LogP contribution < -0.4 is 5.32 Å². The molecule has 1 saturated heterocycles. The quantitative estimate of drug-likeness (QED) is 0.867. The highest BCUT2D eigenvalue weighted by Gasteiger charge is 2.29. The van der Waals surface area contributed by atoms with E-state index in [4.69, 9.17) is 4.74 Å². The Labute approximate surface area is 104 Å². The van der Waals surface area contributed by atoms with Crippen LogP contribution >= 0.6 is 15.9 Å². The van der Waals surface area contributed by atoms with Gasteiger partial charge >= 0.3 is 0 Å². The number of rotatable bonds is 3. The number of halogens is 1. The van der Waals surface area contributed by atoms with Crippen molar-refractivity contribution in [2.45, 2.75) is 32.3 Å². The molecule has 0 aliphatic carbocycles. The van der Waals surface area contributed by atoms with Crippen LogP contribution in [0.3, 0.4) is 0 Å². The molecule has 1 fully saturated rings. The number of nitrogens with zero attached hydrogens (tertiary/aromatic N) is 2. The largest absolute Gasteiger partial charge is 0.373 e. The van der Waals surface area contributed by atoms with Gasteiger partial charge in [-0.25, -0.2) is 9.97 Å². The molecule has 1 N–H and O–H groups in total. The lowest BCUT2D eigenvalue weighted by molar-refractivity contribution is 0.0314. The second kappa shape index (κ2) is 4.67. The Morgan fingerprint density at radius 1 is 1.56 bits per heavy atom. The highest BCUT2D eigenvalue weighted by molar-refractivity contribution is 9.10. The van der Waals surface area contributed by atoms with Gasteiger partial charge in [0.1, 0.15) is 16.2 Å². The molecule has 88 valence electrons. The summed E-state index contributed by atoms with van der Waals surface area (Å²) < 4.78 is 6.51. The highest BCUT2D eigenvalue weighted by Crippen LogP contribution is 2.25. The molecule has 1 aromatic rings. The molecule has 0 radical (unpaired) electrons. The maximum atomic E-state index is 5.71. The SMILES string of the molecule is Cc1nc(Br)cc(NCC2(C)CCCO2)n1. The van der Waals surface area contributed by atoms with Gasteiger partial charge in [0, 0.05) is 19.2 Å². The molecule has 1 aromatic heterocycles. The van der Waals surface area contributed by atoms with Crippen molar-refractivity contribution < 1.29 is 4.74 Å². The predicted molar refractivity (Wildman–Crippen MR) is 66.5 cm³/mol. The summed E-state index contributed by atoms with van der Waals surface area (Å²) in [5, 5.41) is 3.30. The third kappa shape index (κ3) is 2.92. The first-order chi connectivity index (χ1) is 7.57. The van der Waals surface area contributed by atoms with Crippen LogP contribution in [-0.4, -0.2) is 28.7 Å². The molecule has 1 aliphatic rings. The van der Waals surface area contributed by atoms with Crippen LogP contribution in [0.2, 0.25) is 0 Å². The fourth-order valence-electron chi connectivity index (χ4n) is 1.88. The van der Waals surface area contributed by atoms with Gasteiger partial charge in [0.15, 0.2) is 0 Å². The van der Waals surface area contributed by atoms with Crippen LogP contribution in [0, 0.1) is 6.92 Å². The number of anilines is 1. The summed E-state index contributed by atoms with van der Waals surface area (Å²) in [5.74, 6) is 1.60. The fourth-order valence-corrected chi connectivity index (χ4v) is 2.35. The Kier molecular flexibility index (Phi) is 3.44. The molecule has 1 unspecified atom stereocenters. The Morgan fingerprint density at radius 3 is 3.00 bits per heavy atom. The van der Waals surface area contributed by atoms with E-state index in [2.05, 4.69) is 38.1 Å². The molecule has 1 atom stereocenters. The number of aromatic nitrogens is 2. The number of hydrogen-bond acceptors (Lipinski definition) is 4. The topological polar surface area (TPSA) is 47.0 Å². The maximum Gasteiger partial charge on any atom is 0.130 e. The minimum atomic E-state index is -0.0503. The first-order valence-electron chi connectivity index (χ1n) is 5.46. The molecule has 5 heteroatoms. The average Bonchev–Trinajstić information content (AvgIpc) is 2.62. The second-order valence-electron chi connectivity index (χ2n) is 4.38. The van der Waals surface area contributed by atoms with Crippen LogP contribution in [0.5, 0.6) is 0 Å². The Balaban J connectivity index is 1.98. The zero-order chi connectivity index (χ0) is 11.6. The number of nitrogens with one attached hydrogen (secondary N) is 1. The summed E-state index contributed by atoms with van der Waals surface area (Å²) in [6, 6.07) is 1.88. The van der Waals surface area contributed by atoms with Crippen LogP contribution in [0.25, 0.3) is 0 Å². The van der Waals surface area contributed by atoms with E-state index >= 15 is 0 Å². The summed E-state index contributed by atoms with van der Waals surface area (Å²) in [4.78, 5) is 8.48. The third-order valence-electron chi connectivity index (χ3n) is 2.75. The zero-order valence-corrected chi connectivity index (χ0v) is 11.2. The van der Waals surface area contributed by atoms with E-state index in [9.17, 15) is 0 Å². The van der Waals surface area contributed by atoms with Crippen molar-refractivity contribution in [1.82, 2.24) is 9.97 Å². The van der Waals surface area contributed by atoms with Crippen molar-refractivity contribution in [2.75, 3.05) is 18.5 Å². The summed E-state index contributed by atoms with van der Waals surface area (Å²) in [5.41, 5.74) is -0.0503. The molecule has 16 heavy (non-hydrogen) atoms. The van der Waals surface area contributed by atoms with E-state index in [0.29, 0.717) is 0 Å². The minimum Gasteiger partial charge on any atom is -0.373 e. The smallest absolute Gasteiger partial charge is 0.130 e. The predicted octanol–water partition coefficient (Wildman–Crippen LogP) is 2.53. The Hall–Kier alpha value is -0.680. The van der Waals surface area contributed by atoms with Gasteiger partial charge in [0.25, 0.3) is 0 Å². The average molecular weight is 286 g/mol. The van der Waals surface area contributed by atoms with Gasteiger partial charge in [-0.05, 0) is 42.6 Å². The molecule has 0 saturated carbocycles. The standard InChI is InChI=1S/C11H16BrN3O/c1-8-14-9(12)6-10(15-8)13-7-11(2)4-3-5-16-11/h6H,3-5,7H2,1-2H3,(H,13,14,15). The molecule has 4 nitrogen and oxygen atoms in total. The van der Waals surface area contributed by atoms with E-state index < -0.39 is 0 Å². The van der Waals surface area contributed by atoms with Gasteiger partial charge in [-0.15, -0.1) is 0 Å². The first kappa shape index (κ1) is 11.8. The Morgan fingerprint density at radius 2 is 2.38 bits per heavy atom. The van der Waals surface area contributed by atoms with Crippen molar-refractivity contribution in [2.24, 2.45) is 0 Å².